The van der Waals surface area contributed by atoms with Crippen molar-refractivity contribution in [2.75, 3.05) is 17.8 Å². The Hall–Kier alpha value is -1.09. The molecule has 9 heteroatoms. The Morgan fingerprint density at radius 2 is 1.95 bits per heavy atom. The number of aromatic nitrogens is 3. The van der Waals surface area contributed by atoms with E-state index in [9.17, 15) is 8.42 Å². The number of sulfone groups is 1. The highest BCUT2D eigenvalue weighted by Gasteiger charge is 2.15. The molecule has 0 fully saturated rings. The van der Waals surface area contributed by atoms with Crippen molar-refractivity contribution in [1.82, 2.24) is 14.8 Å². The number of halogens is 1. The minimum atomic E-state index is -2.98. The Balaban J connectivity index is 0.00000242. The maximum atomic E-state index is 11.2. The topological polar surface area (TPSA) is 90.9 Å². The van der Waals surface area contributed by atoms with Crippen LogP contribution >= 0.6 is 24.2 Å². The van der Waals surface area contributed by atoms with Gasteiger partial charge in [-0.1, -0.05) is 30.0 Å². The van der Waals surface area contributed by atoms with Crippen molar-refractivity contribution in [2.24, 2.45) is 5.73 Å². The first-order chi connectivity index (χ1) is 9.92. The smallest absolute Gasteiger partial charge is 0.195 e. The third kappa shape index (κ3) is 4.70. The Morgan fingerprint density at radius 3 is 2.55 bits per heavy atom. The number of nitrogens with zero attached hydrogens (tertiary/aromatic N) is 3. The summed E-state index contributed by atoms with van der Waals surface area (Å²) in [4.78, 5) is 0. The molecule has 1 aromatic carbocycles. The average Bonchev–Trinajstić information content (AvgIpc) is 2.81. The first-order valence-corrected chi connectivity index (χ1v) is 9.48. The highest BCUT2D eigenvalue weighted by atomic mass is 35.5. The molecule has 0 aliphatic heterocycles. The quantitative estimate of drug-likeness (QED) is 0.785. The zero-order valence-electron chi connectivity index (χ0n) is 12.4. The lowest BCUT2D eigenvalue weighted by atomic mass is 10.2. The van der Waals surface area contributed by atoms with Crippen molar-refractivity contribution < 1.29 is 8.42 Å². The number of rotatable bonds is 6. The predicted molar refractivity (Wildman–Crippen MR) is 91.7 cm³/mol. The third-order valence-corrected chi connectivity index (χ3v) is 5.06. The first-order valence-electron chi connectivity index (χ1n) is 6.43. The molecule has 0 aliphatic carbocycles. The van der Waals surface area contributed by atoms with Crippen LogP contribution in [0.4, 0.5) is 0 Å². The molecule has 0 radical (unpaired) electrons. The number of hydrogen-bond acceptors (Lipinski definition) is 6. The van der Waals surface area contributed by atoms with Crippen molar-refractivity contribution >= 4 is 34.0 Å². The van der Waals surface area contributed by atoms with E-state index in [1.165, 1.54) is 18.0 Å². The number of benzene rings is 1. The lowest BCUT2D eigenvalue weighted by molar-refractivity contribution is 0.603. The summed E-state index contributed by atoms with van der Waals surface area (Å²) in [7, 11) is -2.98. The highest BCUT2D eigenvalue weighted by molar-refractivity contribution is 8.00. The van der Waals surface area contributed by atoms with Crippen molar-refractivity contribution in [2.45, 2.75) is 18.6 Å². The van der Waals surface area contributed by atoms with E-state index in [-0.39, 0.29) is 24.7 Å². The molecule has 1 aromatic heterocycles. The molecule has 2 N–H and O–H groups in total. The summed E-state index contributed by atoms with van der Waals surface area (Å²) in [6, 6.07) is 7.87. The average molecular weight is 363 g/mol. The molecule has 2 rings (SSSR count). The van der Waals surface area contributed by atoms with Crippen LogP contribution in [0.5, 0.6) is 0 Å². The van der Waals surface area contributed by atoms with Gasteiger partial charge in [0, 0.05) is 12.0 Å². The molecule has 0 saturated carbocycles. The van der Waals surface area contributed by atoms with Gasteiger partial charge in [-0.25, -0.2) is 8.42 Å². The second kappa shape index (κ2) is 7.96. The van der Waals surface area contributed by atoms with E-state index in [4.69, 9.17) is 5.73 Å². The Morgan fingerprint density at radius 1 is 1.27 bits per heavy atom. The van der Waals surface area contributed by atoms with Crippen molar-refractivity contribution in [3.05, 3.63) is 35.7 Å². The van der Waals surface area contributed by atoms with Gasteiger partial charge in [0.25, 0.3) is 0 Å². The minimum Gasteiger partial charge on any atom is -0.324 e. The van der Waals surface area contributed by atoms with Gasteiger partial charge in [-0.2, -0.15) is 0 Å². The van der Waals surface area contributed by atoms with E-state index in [0.717, 1.165) is 11.3 Å². The molecule has 0 spiro atoms. The zero-order valence-corrected chi connectivity index (χ0v) is 14.8. The molecule has 0 amide bonds. The monoisotopic (exact) mass is 362 g/mol. The Labute approximate surface area is 140 Å². The SMILES string of the molecule is Cc1ccccc1-n1c(CN)nnc1SCCS(C)(=O)=O.Cl. The van der Waals surface area contributed by atoms with Crippen LogP contribution in [-0.4, -0.2) is 40.9 Å². The molecule has 0 bridgehead atoms. The molecule has 22 heavy (non-hydrogen) atoms. The molecule has 1 heterocycles. The standard InChI is InChI=1S/C13H18N4O2S2.ClH/c1-10-5-3-4-6-11(10)17-12(9-14)15-16-13(17)20-7-8-21(2,18)19;/h3-6H,7-9,14H2,1-2H3;1H. The van der Waals surface area contributed by atoms with Gasteiger partial charge >= 0.3 is 0 Å². The van der Waals surface area contributed by atoms with Gasteiger partial charge in [0.15, 0.2) is 11.0 Å². The molecular formula is C13H19ClN4O2S2. The summed E-state index contributed by atoms with van der Waals surface area (Å²) in [5.74, 6) is 1.20. The lowest BCUT2D eigenvalue weighted by Gasteiger charge is -2.11. The summed E-state index contributed by atoms with van der Waals surface area (Å²) >= 11 is 1.37. The van der Waals surface area contributed by atoms with Gasteiger partial charge in [0.05, 0.1) is 18.0 Å². The second-order valence-corrected chi connectivity index (χ2v) is 8.02. The van der Waals surface area contributed by atoms with E-state index >= 15 is 0 Å². The van der Waals surface area contributed by atoms with Crippen molar-refractivity contribution in [1.29, 1.82) is 0 Å². The summed E-state index contributed by atoms with van der Waals surface area (Å²) in [6.07, 6.45) is 1.23. The summed E-state index contributed by atoms with van der Waals surface area (Å²) in [5, 5.41) is 8.87. The summed E-state index contributed by atoms with van der Waals surface area (Å²) in [6.45, 7) is 2.27. The number of aryl methyl sites for hydroxylation is 1. The van der Waals surface area contributed by atoms with E-state index in [1.807, 2.05) is 35.8 Å². The van der Waals surface area contributed by atoms with Crippen LogP contribution < -0.4 is 5.73 Å². The minimum absolute atomic E-state index is 0. The van der Waals surface area contributed by atoms with E-state index in [0.29, 0.717) is 16.7 Å². The van der Waals surface area contributed by atoms with Crippen LogP contribution in [0.2, 0.25) is 0 Å². The van der Waals surface area contributed by atoms with Crippen LogP contribution in [-0.2, 0) is 16.4 Å². The van der Waals surface area contributed by atoms with Gasteiger partial charge in [0.2, 0.25) is 0 Å². The molecule has 122 valence electrons. The Bertz CT molecular complexity index is 731. The number of thioether (sulfide) groups is 1. The molecule has 6 nitrogen and oxygen atoms in total. The highest BCUT2D eigenvalue weighted by Crippen LogP contribution is 2.24. The number of para-hydroxylation sites is 1. The van der Waals surface area contributed by atoms with Gasteiger partial charge in [-0.15, -0.1) is 22.6 Å². The fourth-order valence-corrected chi connectivity index (χ4v) is 4.02. The first kappa shape index (κ1) is 19.0. The van der Waals surface area contributed by atoms with Crippen molar-refractivity contribution in [3.63, 3.8) is 0 Å². The van der Waals surface area contributed by atoms with E-state index < -0.39 is 9.84 Å². The Kier molecular flexibility index (Phi) is 6.86. The van der Waals surface area contributed by atoms with Gasteiger partial charge in [-0.05, 0) is 18.6 Å². The molecule has 0 aliphatic rings. The largest absolute Gasteiger partial charge is 0.324 e. The molecule has 0 saturated heterocycles. The predicted octanol–water partition coefficient (Wildman–Crippen LogP) is 1.59. The fourth-order valence-electron chi connectivity index (χ4n) is 1.87. The summed E-state index contributed by atoms with van der Waals surface area (Å²) < 4.78 is 24.3. The van der Waals surface area contributed by atoms with Crippen LogP contribution in [0.1, 0.15) is 11.4 Å². The van der Waals surface area contributed by atoms with Crippen LogP contribution in [0, 0.1) is 6.92 Å². The lowest BCUT2D eigenvalue weighted by Crippen LogP contribution is -2.10. The van der Waals surface area contributed by atoms with Crippen LogP contribution in [0.15, 0.2) is 29.4 Å². The van der Waals surface area contributed by atoms with E-state index in [1.54, 1.807) is 0 Å². The number of hydrogen-bond donors (Lipinski definition) is 1. The zero-order chi connectivity index (χ0) is 15.5. The maximum absolute atomic E-state index is 11.2. The van der Waals surface area contributed by atoms with Gasteiger partial charge in [-0.3, -0.25) is 4.57 Å². The van der Waals surface area contributed by atoms with E-state index in [2.05, 4.69) is 10.2 Å². The summed E-state index contributed by atoms with van der Waals surface area (Å²) in [5.41, 5.74) is 7.76. The second-order valence-electron chi connectivity index (χ2n) is 4.70. The van der Waals surface area contributed by atoms with Crippen LogP contribution in [0.25, 0.3) is 5.69 Å². The molecule has 0 unspecified atom stereocenters. The normalized spacial score (nSPS) is 11.2. The molecule has 2 aromatic rings. The fraction of sp³-hybridized carbons (Fsp3) is 0.385. The third-order valence-electron chi connectivity index (χ3n) is 2.92. The van der Waals surface area contributed by atoms with Crippen molar-refractivity contribution in [3.8, 4) is 5.69 Å². The van der Waals surface area contributed by atoms with Gasteiger partial charge in [0.1, 0.15) is 9.84 Å². The molecular weight excluding hydrogens is 344 g/mol. The van der Waals surface area contributed by atoms with Gasteiger partial charge < -0.3 is 5.73 Å². The van der Waals surface area contributed by atoms with Crippen LogP contribution in [0.3, 0.4) is 0 Å². The molecule has 0 atom stereocenters. The number of nitrogens with two attached hydrogens (primary N) is 1. The maximum Gasteiger partial charge on any atom is 0.195 e.